The van der Waals surface area contributed by atoms with E-state index in [9.17, 15) is 9.59 Å². The average molecular weight is 301 g/mol. The van der Waals surface area contributed by atoms with Gasteiger partial charge < -0.3 is 5.32 Å². The van der Waals surface area contributed by atoms with Crippen LogP contribution in [0.5, 0.6) is 0 Å². The first-order valence-electron chi connectivity index (χ1n) is 8.61. The van der Waals surface area contributed by atoms with Gasteiger partial charge in [-0.15, -0.1) is 0 Å². The third kappa shape index (κ3) is 2.94. The summed E-state index contributed by atoms with van der Waals surface area (Å²) in [6.07, 6.45) is 8.25. The Balaban J connectivity index is 1.39. The summed E-state index contributed by atoms with van der Waals surface area (Å²) in [5, 5.41) is 7.76. The van der Waals surface area contributed by atoms with Crippen molar-refractivity contribution in [3.63, 3.8) is 0 Å². The van der Waals surface area contributed by atoms with Gasteiger partial charge in [0.05, 0.1) is 11.7 Å². The topological polar surface area (TPSA) is 64.0 Å². The Morgan fingerprint density at radius 1 is 1.05 bits per heavy atom. The first-order chi connectivity index (χ1) is 10.7. The predicted molar refractivity (Wildman–Crippen MR) is 82.6 cm³/mol. The zero-order valence-corrected chi connectivity index (χ0v) is 12.8. The molecule has 0 radical (unpaired) electrons. The maximum Gasteiger partial charge on any atom is 0.267 e. The van der Waals surface area contributed by atoms with Crippen molar-refractivity contribution in [3.05, 3.63) is 28.2 Å². The second-order valence-corrected chi connectivity index (χ2v) is 7.10. The van der Waals surface area contributed by atoms with E-state index in [1.165, 1.54) is 12.8 Å². The van der Waals surface area contributed by atoms with Crippen LogP contribution in [0.4, 0.5) is 0 Å². The fraction of sp³-hybridized carbons (Fsp3) is 0.706. The number of hydrogen-bond donors (Lipinski definition) is 1. The van der Waals surface area contributed by atoms with E-state index in [0.717, 1.165) is 44.2 Å². The highest BCUT2D eigenvalue weighted by Crippen LogP contribution is 2.38. The van der Waals surface area contributed by atoms with Crippen molar-refractivity contribution in [2.75, 3.05) is 0 Å². The molecule has 3 aliphatic rings. The minimum Gasteiger partial charge on any atom is -0.353 e. The number of carbonyl (C=O) groups is 1. The molecule has 1 aromatic heterocycles. The van der Waals surface area contributed by atoms with Crippen LogP contribution in [0.15, 0.2) is 16.9 Å². The molecule has 3 saturated carbocycles. The van der Waals surface area contributed by atoms with Gasteiger partial charge in [-0.2, -0.15) is 5.10 Å². The van der Waals surface area contributed by atoms with Crippen molar-refractivity contribution in [1.29, 1.82) is 0 Å². The van der Waals surface area contributed by atoms with Crippen LogP contribution < -0.4 is 10.9 Å². The standard InChI is InChI=1S/C17H23N3O2/c21-16-10-9-15(11-1-2-11)19-20(16)14-7-5-13(6-8-14)18-17(22)12-3-4-12/h9-14H,1-8H2,(H,18,22). The highest BCUT2D eigenvalue weighted by atomic mass is 16.2. The van der Waals surface area contributed by atoms with Crippen LogP contribution in [0.3, 0.4) is 0 Å². The summed E-state index contributed by atoms with van der Waals surface area (Å²) in [7, 11) is 0. The molecular weight excluding hydrogens is 278 g/mol. The minimum absolute atomic E-state index is 0.00914. The molecule has 0 aliphatic heterocycles. The number of nitrogens with one attached hydrogen (secondary N) is 1. The minimum atomic E-state index is 0.00914. The van der Waals surface area contributed by atoms with E-state index in [0.29, 0.717) is 5.92 Å². The smallest absolute Gasteiger partial charge is 0.267 e. The van der Waals surface area contributed by atoms with Gasteiger partial charge in [0, 0.05) is 23.9 Å². The number of aromatic nitrogens is 2. The van der Waals surface area contributed by atoms with Crippen molar-refractivity contribution >= 4 is 5.91 Å². The number of hydrogen-bond acceptors (Lipinski definition) is 3. The Labute approximate surface area is 130 Å². The lowest BCUT2D eigenvalue weighted by Crippen LogP contribution is -2.40. The summed E-state index contributed by atoms with van der Waals surface area (Å²) in [4.78, 5) is 23.9. The zero-order chi connectivity index (χ0) is 15.1. The molecule has 3 fully saturated rings. The molecule has 0 atom stereocenters. The Bertz CT molecular complexity index is 623. The zero-order valence-electron chi connectivity index (χ0n) is 12.8. The van der Waals surface area contributed by atoms with Crippen LogP contribution in [-0.4, -0.2) is 21.7 Å². The Morgan fingerprint density at radius 2 is 1.77 bits per heavy atom. The fourth-order valence-corrected chi connectivity index (χ4v) is 3.43. The predicted octanol–water partition coefficient (Wildman–Crippen LogP) is 2.13. The number of carbonyl (C=O) groups excluding carboxylic acids is 1. The summed E-state index contributed by atoms with van der Waals surface area (Å²) >= 11 is 0. The van der Waals surface area contributed by atoms with Gasteiger partial charge in [0.15, 0.2) is 0 Å². The normalized spacial score (nSPS) is 28.4. The van der Waals surface area contributed by atoms with Crippen molar-refractivity contribution < 1.29 is 4.79 Å². The van der Waals surface area contributed by atoms with Gasteiger partial charge in [-0.05, 0) is 57.4 Å². The average Bonchev–Trinajstić information content (AvgIpc) is 3.41. The second-order valence-electron chi connectivity index (χ2n) is 7.10. The van der Waals surface area contributed by atoms with Crippen molar-refractivity contribution in [3.8, 4) is 0 Å². The summed E-state index contributed by atoms with van der Waals surface area (Å²) in [5.41, 5.74) is 1.08. The first kappa shape index (κ1) is 14.0. The molecule has 5 nitrogen and oxygen atoms in total. The van der Waals surface area contributed by atoms with Crippen molar-refractivity contribution in [2.24, 2.45) is 5.92 Å². The highest BCUT2D eigenvalue weighted by molar-refractivity contribution is 5.81. The maximum atomic E-state index is 12.1. The molecule has 0 unspecified atom stereocenters. The summed E-state index contributed by atoms with van der Waals surface area (Å²) in [6, 6.07) is 4.03. The largest absolute Gasteiger partial charge is 0.353 e. The number of nitrogens with zero attached hydrogens (tertiary/aromatic N) is 2. The van der Waals surface area contributed by atoms with Gasteiger partial charge in [-0.25, -0.2) is 4.68 Å². The van der Waals surface area contributed by atoms with E-state index in [-0.39, 0.29) is 29.5 Å². The van der Waals surface area contributed by atoms with Gasteiger partial charge in [-0.3, -0.25) is 9.59 Å². The Hall–Kier alpha value is -1.65. The van der Waals surface area contributed by atoms with Gasteiger partial charge in [0.2, 0.25) is 5.91 Å². The molecule has 3 aliphatic carbocycles. The monoisotopic (exact) mass is 301 g/mol. The SMILES string of the molecule is O=C(NC1CCC(n2nc(C3CC3)ccc2=O)CC1)C1CC1. The van der Waals surface area contributed by atoms with Crippen LogP contribution in [0.25, 0.3) is 0 Å². The van der Waals surface area contributed by atoms with E-state index in [2.05, 4.69) is 10.4 Å². The van der Waals surface area contributed by atoms with E-state index >= 15 is 0 Å². The van der Waals surface area contributed by atoms with E-state index in [1.807, 2.05) is 6.07 Å². The third-order valence-electron chi connectivity index (χ3n) is 5.18. The molecule has 1 amide bonds. The van der Waals surface area contributed by atoms with Crippen LogP contribution >= 0.6 is 0 Å². The van der Waals surface area contributed by atoms with Crippen LogP contribution in [0.2, 0.25) is 0 Å². The molecule has 1 N–H and O–H groups in total. The summed E-state index contributed by atoms with van der Waals surface area (Å²) < 4.78 is 1.70. The molecule has 0 bridgehead atoms. The lowest BCUT2D eigenvalue weighted by molar-refractivity contribution is -0.123. The van der Waals surface area contributed by atoms with Crippen molar-refractivity contribution in [2.45, 2.75) is 69.4 Å². The Morgan fingerprint density at radius 3 is 2.41 bits per heavy atom. The summed E-state index contributed by atoms with van der Waals surface area (Å²) in [5.74, 6) is 1.08. The van der Waals surface area contributed by atoms with E-state index < -0.39 is 0 Å². The molecular formula is C17H23N3O2. The molecule has 118 valence electrons. The Kier molecular flexibility index (Phi) is 3.51. The molecule has 4 rings (SSSR count). The maximum absolute atomic E-state index is 12.1. The molecule has 0 spiro atoms. The molecule has 1 heterocycles. The lowest BCUT2D eigenvalue weighted by Gasteiger charge is -2.29. The van der Waals surface area contributed by atoms with E-state index in [4.69, 9.17) is 0 Å². The van der Waals surface area contributed by atoms with Gasteiger partial charge >= 0.3 is 0 Å². The molecule has 0 saturated heterocycles. The van der Waals surface area contributed by atoms with Gasteiger partial charge in [0.25, 0.3) is 5.56 Å². The highest BCUT2D eigenvalue weighted by Gasteiger charge is 2.33. The summed E-state index contributed by atoms with van der Waals surface area (Å²) in [6.45, 7) is 0. The number of amides is 1. The second kappa shape index (κ2) is 5.52. The molecule has 5 heteroatoms. The fourth-order valence-electron chi connectivity index (χ4n) is 3.43. The quantitative estimate of drug-likeness (QED) is 0.926. The van der Waals surface area contributed by atoms with Crippen LogP contribution in [-0.2, 0) is 4.79 Å². The molecule has 0 aromatic carbocycles. The van der Waals surface area contributed by atoms with Crippen LogP contribution in [0.1, 0.15) is 69.0 Å². The lowest BCUT2D eigenvalue weighted by atomic mass is 9.91. The van der Waals surface area contributed by atoms with Gasteiger partial charge in [0.1, 0.15) is 0 Å². The van der Waals surface area contributed by atoms with Crippen LogP contribution in [0, 0.1) is 5.92 Å². The third-order valence-corrected chi connectivity index (χ3v) is 5.18. The molecule has 22 heavy (non-hydrogen) atoms. The molecule has 1 aromatic rings. The van der Waals surface area contributed by atoms with Gasteiger partial charge in [-0.1, -0.05) is 0 Å². The number of rotatable bonds is 4. The van der Waals surface area contributed by atoms with Crippen molar-refractivity contribution in [1.82, 2.24) is 15.1 Å². The first-order valence-corrected chi connectivity index (χ1v) is 8.61. The van der Waals surface area contributed by atoms with E-state index in [1.54, 1.807) is 10.7 Å².